The molecule has 2 aromatic carbocycles. The van der Waals surface area contributed by atoms with E-state index in [4.69, 9.17) is 32.7 Å². The maximum atomic E-state index is 13.2. The van der Waals surface area contributed by atoms with Crippen molar-refractivity contribution in [3.63, 3.8) is 0 Å². The highest BCUT2D eigenvalue weighted by Gasteiger charge is 2.46. The average molecular weight is 505 g/mol. The Morgan fingerprint density at radius 3 is 2.47 bits per heavy atom. The molecule has 2 aliphatic heterocycles. The van der Waals surface area contributed by atoms with Crippen LogP contribution in [0.4, 0.5) is 0 Å². The molecule has 4 rings (SSSR count). The lowest BCUT2D eigenvalue weighted by molar-refractivity contribution is -0.140. The Bertz CT molecular complexity index is 1140. The monoisotopic (exact) mass is 504 g/mol. The summed E-state index contributed by atoms with van der Waals surface area (Å²) < 4.78 is 10.7. The lowest BCUT2D eigenvalue weighted by atomic mass is 9.94. The zero-order chi connectivity index (χ0) is 24.4. The molecule has 2 aromatic rings. The summed E-state index contributed by atoms with van der Waals surface area (Å²) in [4.78, 5) is 30.0. The van der Waals surface area contributed by atoms with Gasteiger partial charge in [-0.2, -0.15) is 0 Å². The number of aryl methyl sites for hydroxylation is 1. The second-order valence-corrected chi connectivity index (χ2v) is 9.12. The molecular formula is C25H26Cl2N2O5. The van der Waals surface area contributed by atoms with E-state index in [-0.39, 0.29) is 11.3 Å². The second-order valence-electron chi connectivity index (χ2n) is 8.30. The van der Waals surface area contributed by atoms with Crippen LogP contribution >= 0.6 is 23.2 Å². The van der Waals surface area contributed by atoms with Crippen LogP contribution in [-0.2, 0) is 14.3 Å². The number of methoxy groups -OCH3 is 1. The molecular weight excluding hydrogens is 479 g/mol. The fourth-order valence-corrected chi connectivity index (χ4v) is 4.70. The first-order chi connectivity index (χ1) is 16.3. The largest absolute Gasteiger partial charge is 0.507 e. The number of hydrogen-bond donors (Lipinski definition) is 1. The highest BCUT2D eigenvalue weighted by molar-refractivity contribution is 6.46. The lowest BCUT2D eigenvalue weighted by Gasteiger charge is -2.31. The number of Topliss-reactive ketones (excluding diaryl/α,β-unsaturated/α-hetero) is 1. The highest BCUT2D eigenvalue weighted by atomic mass is 35.5. The van der Waals surface area contributed by atoms with Crippen molar-refractivity contribution in [2.75, 3.05) is 46.5 Å². The van der Waals surface area contributed by atoms with Crippen LogP contribution in [0.5, 0.6) is 5.75 Å². The van der Waals surface area contributed by atoms with Gasteiger partial charge < -0.3 is 19.5 Å². The van der Waals surface area contributed by atoms with E-state index in [9.17, 15) is 14.7 Å². The van der Waals surface area contributed by atoms with Gasteiger partial charge in [-0.3, -0.25) is 14.5 Å². The number of morpholine rings is 1. The summed E-state index contributed by atoms with van der Waals surface area (Å²) in [7, 11) is 1.56. The summed E-state index contributed by atoms with van der Waals surface area (Å²) in [5, 5.41) is 11.9. The molecule has 34 heavy (non-hydrogen) atoms. The van der Waals surface area contributed by atoms with Gasteiger partial charge in [-0.1, -0.05) is 29.3 Å². The summed E-state index contributed by atoms with van der Waals surface area (Å²) in [6.45, 7) is 5.51. The highest BCUT2D eigenvalue weighted by Crippen LogP contribution is 2.41. The van der Waals surface area contributed by atoms with Gasteiger partial charge >= 0.3 is 0 Å². The Hall–Kier alpha value is -2.58. The number of carbonyl (C=O) groups excluding carboxylic acids is 2. The van der Waals surface area contributed by atoms with Crippen molar-refractivity contribution in [3.05, 3.63) is 68.7 Å². The Balaban J connectivity index is 1.77. The molecule has 1 amide bonds. The van der Waals surface area contributed by atoms with Crippen LogP contribution in [-0.4, -0.2) is 73.1 Å². The van der Waals surface area contributed by atoms with Crippen LogP contribution in [0.3, 0.4) is 0 Å². The van der Waals surface area contributed by atoms with E-state index in [0.717, 1.165) is 18.7 Å². The van der Waals surface area contributed by atoms with Gasteiger partial charge in [0.05, 0.1) is 42.0 Å². The molecule has 0 aromatic heterocycles. The van der Waals surface area contributed by atoms with Gasteiger partial charge in [-0.25, -0.2) is 0 Å². The van der Waals surface area contributed by atoms with Crippen LogP contribution in [0.2, 0.25) is 10.0 Å². The Morgan fingerprint density at radius 1 is 1.09 bits per heavy atom. The number of carbonyl (C=O) groups is 2. The molecule has 1 N–H and O–H groups in total. The molecule has 7 nitrogen and oxygen atoms in total. The minimum Gasteiger partial charge on any atom is -0.507 e. The van der Waals surface area contributed by atoms with Crippen molar-refractivity contribution in [2.24, 2.45) is 0 Å². The van der Waals surface area contributed by atoms with Gasteiger partial charge in [0.25, 0.3) is 11.7 Å². The summed E-state index contributed by atoms with van der Waals surface area (Å²) in [6, 6.07) is 9.29. The van der Waals surface area contributed by atoms with Crippen LogP contribution in [0.15, 0.2) is 42.0 Å². The molecule has 0 radical (unpaired) electrons. The molecule has 2 aliphatic rings. The third-order valence-electron chi connectivity index (χ3n) is 6.23. The molecule has 0 saturated carbocycles. The lowest BCUT2D eigenvalue weighted by Crippen LogP contribution is -2.42. The van der Waals surface area contributed by atoms with E-state index in [1.807, 2.05) is 6.92 Å². The molecule has 0 aliphatic carbocycles. The minimum absolute atomic E-state index is 0.0231. The number of amides is 1. The van der Waals surface area contributed by atoms with Gasteiger partial charge in [-0.15, -0.1) is 0 Å². The SMILES string of the molecule is COc1ccc(C(O)=C2C(=O)C(=O)N(CCN3CCOCC3)[C@H]2c2ccc(Cl)c(Cl)c2)cc1C. The third kappa shape index (κ3) is 4.79. The molecule has 1 atom stereocenters. The number of nitrogens with zero attached hydrogens (tertiary/aromatic N) is 2. The Morgan fingerprint density at radius 2 is 1.82 bits per heavy atom. The first-order valence-electron chi connectivity index (χ1n) is 11.0. The van der Waals surface area contributed by atoms with Crippen molar-refractivity contribution in [3.8, 4) is 5.75 Å². The first-order valence-corrected chi connectivity index (χ1v) is 11.8. The van der Waals surface area contributed by atoms with Crippen LogP contribution in [0.1, 0.15) is 22.7 Å². The van der Waals surface area contributed by atoms with E-state index in [2.05, 4.69) is 4.90 Å². The predicted octanol–water partition coefficient (Wildman–Crippen LogP) is 4.06. The number of ketones is 1. The summed E-state index contributed by atoms with van der Waals surface area (Å²) in [5.74, 6) is -0.974. The maximum absolute atomic E-state index is 13.2. The number of ether oxygens (including phenoxy) is 2. The average Bonchev–Trinajstić information content (AvgIpc) is 3.09. The van der Waals surface area contributed by atoms with Crippen molar-refractivity contribution < 1.29 is 24.2 Å². The zero-order valence-corrected chi connectivity index (χ0v) is 20.5. The van der Waals surface area contributed by atoms with Crippen LogP contribution in [0.25, 0.3) is 5.76 Å². The van der Waals surface area contributed by atoms with E-state index < -0.39 is 17.7 Å². The Labute approximate surface area is 208 Å². The first kappa shape index (κ1) is 24.5. The topological polar surface area (TPSA) is 79.3 Å². The van der Waals surface area contributed by atoms with E-state index in [0.29, 0.717) is 53.2 Å². The molecule has 2 fully saturated rings. The molecule has 0 unspecified atom stereocenters. The summed E-state index contributed by atoms with van der Waals surface area (Å²) in [5.41, 5.74) is 1.84. The van der Waals surface area contributed by atoms with E-state index in [1.165, 1.54) is 4.90 Å². The molecule has 0 spiro atoms. The molecule has 2 heterocycles. The second kappa shape index (κ2) is 10.4. The number of aliphatic hydroxyl groups is 1. The Kier molecular flexibility index (Phi) is 7.48. The predicted molar refractivity (Wildman–Crippen MR) is 130 cm³/mol. The van der Waals surface area contributed by atoms with Crippen molar-refractivity contribution in [1.29, 1.82) is 0 Å². The number of likely N-dealkylation sites (tertiary alicyclic amines) is 1. The fourth-order valence-electron chi connectivity index (χ4n) is 4.39. The van der Waals surface area contributed by atoms with Crippen molar-refractivity contribution in [1.82, 2.24) is 9.80 Å². The summed E-state index contributed by atoms with van der Waals surface area (Å²) >= 11 is 12.4. The molecule has 2 saturated heterocycles. The normalized spacial score (nSPS) is 20.7. The zero-order valence-electron chi connectivity index (χ0n) is 19.0. The van der Waals surface area contributed by atoms with Crippen molar-refractivity contribution >= 4 is 40.7 Å². The molecule has 0 bridgehead atoms. The fraction of sp³-hybridized carbons (Fsp3) is 0.360. The third-order valence-corrected chi connectivity index (χ3v) is 6.97. The summed E-state index contributed by atoms with van der Waals surface area (Å²) in [6.07, 6.45) is 0. The van der Waals surface area contributed by atoms with Crippen LogP contribution in [0, 0.1) is 6.92 Å². The molecule has 180 valence electrons. The van der Waals surface area contributed by atoms with Crippen molar-refractivity contribution in [2.45, 2.75) is 13.0 Å². The van der Waals surface area contributed by atoms with Gasteiger partial charge in [0.2, 0.25) is 0 Å². The molecule has 9 heteroatoms. The number of halogens is 2. The van der Waals surface area contributed by atoms with Gasteiger partial charge in [0, 0.05) is 31.7 Å². The quantitative estimate of drug-likeness (QED) is 0.363. The number of aliphatic hydroxyl groups excluding tert-OH is 1. The van der Waals surface area contributed by atoms with Gasteiger partial charge in [-0.05, 0) is 48.4 Å². The number of rotatable bonds is 6. The maximum Gasteiger partial charge on any atom is 0.295 e. The van der Waals surface area contributed by atoms with Crippen LogP contribution < -0.4 is 4.74 Å². The van der Waals surface area contributed by atoms with E-state index >= 15 is 0 Å². The smallest absolute Gasteiger partial charge is 0.295 e. The van der Waals surface area contributed by atoms with Gasteiger partial charge in [0.1, 0.15) is 11.5 Å². The number of benzene rings is 2. The van der Waals surface area contributed by atoms with Gasteiger partial charge in [0.15, 0.2) is 0 Å². The van der Waals surface area contributed by atoms with E-state index in [1.54, 1.807) is 43.5 Å². The standard InChI is InChI=1S/C25H26Cl2N2O5/c1-15-13-17(4-6-20(15)33-2)23(30)21-22(16-3-5-18(26)19(27)14-16)29(25(32)24(21)31)8-7-28-9-11-34-12-10-28/h3-6,13-14,22,30H,7-12H2,1-2H3/t22-/m0/s1. The minimum atomic E-state index is -0.793. The number of hydrogen-bond acceptors (Lipinski definition) is 6.